The molecule has 1 aromatic rings. The first-order valence-corrected chi connectivity index (χ1v) is 9.01. The molecule has 0 radical (unpaired) electrons. The molecule has 5 heteroatoms. The van der Waals surface area contributed by atoms with Gasteiger partial charge in [0.15, 0.2) is 0 Å². The molecule has 118 valence electrons. The van der Waals surface area contributed by atoms with Crippen LogP contribution in [0.1, 0.15) is 43.7 Å². The van der Waals surface area contributed by atoms with Crippen LogP contribution in [0.25, 0.3) is 0 Å². The first kappa shape index (κ1) is 16.3. The molecule has 1 fully saturated rings. The molecular weight excluding hydrogens is 286 g/mol. The Kier molecular flexibility index (Phi) is 4.94. The lowest BCUT2D eigenvalue weighted by Gasteiger charge is -2.29. The maximum atomic E-state index is 12.7. The van der Waals surface area contributed by atoms with Gasteiger partial charge in [-0.25, -0.2) is 13.1 Å². The van der Waals surface area contributed by atoms with Crippen molar-refractivity contribution < 1.29 is 13.2 Å². The fraction of sp³-hybridized carbons (Fsp3) is 0.625. The number of aryl methyl sites for hydroxylation is 2. The van der Waals surface area contributed by atoms with Gasteiger partial charge in [-0.2, -0.15) is 0 Å². The number of benzene rings is 1. The molecule has 1 saturated carbocycles. The van der Waals surface area contributed by atoms with Gasteiger partial charge >= 0.3 is 0 Å². The number of sulfonamides is 1. The number of ether oxygens (including phenoxy) is 1. The monoisotopic (exact) mass is 311 g/mol. The van der Waals surface area contributed by atoms with Crippen molar-refractivity contribution in [1.29, 1.82) is 0 Å². The summed E-state index contributed by atoms with van der Waals surface area (Å²) in [6, 6.07) is 3.52. The van der Waals surface area contributed by atoms with Gasteiger partial charge in [0.05, 0.1) is 12.0 Å². The highest BCUT2D eigenvalue weighted by molar-refractivity contribution is 7.89. The predicted octanol–water partition coefficient (Wildman–Crippen LogP) is 3.17. The molecule has 1 N–H and O–H groups in total. The van der Waals surface area contributed by atoms with Gasteiger partial charge in [-0.1, -0.05) is 25.8 Å². The van der Waals surface area contributed by atoms with Crippen molar-refractivity contribution in [3.8, 4) is 5.75 Å². The van der Waals surface area contributed by atoms with Gasteiger partial charge < -0.3 is 4.74 Å². The summed E-state index contributed by atoms with van der Waals surface area (Å²) in [5.41, 5.74) is 1.70. The molecule has 0 amide bonds. The molecule has 21 heavy (non-hydrogen) atoms. The second kappa shape index (κ2) is 6.36. The summed E-state index contributed by atoms with van der Waals surface area (Å²) in [6.45, 7) is 5.86. The maximum absolute atomic E-state index is 12.7. The minimum atomic E-state index is -3.50. The van der Waals surface area contributed by atoms with E-state index in [9.17, 15) is 8.42 Å². The zero-order valence-corrected chi connectivity index (χ0v) is 14.1. The fourth-order valence-electron chi connectivity index (χ4n) is 3.08. The molecule has 0 heterocycles. The number of hydrogen-bond donors (Lipinski definition) is 1. The second-order valence-electron chi connectivity index (χ2n) is 6.08. The van der Waals surface area contributed by atoms with Gasteiger partial charge in [0.25, 0.3) is 0 Å². The fourth-order valence-corrected chi connectivity index (χ4v) is 4.70. The third kappa shape index (κ3) is 3.58. The summed E-state index contributed by atoms with van der Waals surface area (Å²) < 4.78 is 33.5. The maximum Gasteiger partial charge on any atom is 0.241 e. The van der Waals surface area contributed by atoms with Gasteiger partial charge in [-0.05, 0) is 43.7 Å². The van der Waals surface area contributed by atoms with Crippen LogP contribution in [0.15, 0.2) is 17.0 Å². The molecule has 0 aromatic heterocycles. The molecule has 0 aliphatic heterocycles. The first-order valence-electron chi connectivity index (χ1n) is 7.52. The molecule has 0 spiro atoms. The summed E-state index contributed by atoms with van der Waals surface area (Å²) in [5.74, 6) is 0.999. The normalized spacial score (nSPS) is 23.0. The lowest BCUT2D eigenvalue weighted by Crippen LogP contribution is -2.41. The van der Waals surface area contributed by atoms with Crippen LogP contribution >= 0.6 is 0 Å². The van der Waals surface area contributed by atoms with E-state index in [0.717, 1.165) is 30.4 Å². The van der Waals surface area contributed by atoms with E-state index < -0.39 is 10.0 Å². The van der Waals surface area contributed by atoms with Crippen molar-refractivity contribution in [3.63, 3.8) is 0 Å². The Morgan fingerprint density at radius 2 is 1.81 bits per heavy atom. The van der Waals surface area contributed by atoms with Gasteiger partial charge in [0.1, 0.15) is 5.75 Å². The quantitative estimate of drug-likeness (QED) is 0.929. The smallest absolute Gasteiger partial charge is 0.241 e. The predicted molar refractivity (Wildman–Crippen MR) is 84.2 cm³/mol. The van der Waals surface area contributed by atoms with Crippen molar-refractivity contribution in [2.24, 2.45) is 5.92 Å². The molecular formula is C16H25NO3S. The van der Waals surface area contributed by atoms with E-state index in [2.05, 4.69) is 11.6 Å². The minimum absolute atomic E-state index is 0.0375. The van der Waals surface area contributed by atoms with Crippen LogP contribution in [-0.4, -0.2) is 21.6 Å². The van der Waals surface area contributed by atoms with Crippen LogP contribution < -0.4 is 9.46 Å². The molecule has 0 saturated heterocycles. The van der Waals surface area contributed by atoms with Crippen LogP contribution in [0.4, 0.5) is 0 Å². The summed E-state index contributed by atoms with van der Waals surface area (Å²) >= 11 is 0. The summed E-state index contributed by atoms with van der Waals surface area (Å²) in [4.78, 5) is 0.322. The van der Waals surface area contributed by atoms with Gasteiger partial charge in [0, 0.05) is 12.1 Å². The third-order valence-electron chi connectivity index (χ3n) is 4.40. The van der Waals surface area contributed by atoms with E-state index in [0.29, 0.717) is 16.6 Å². The molecule has 0 bridgehead atoms. The Bertz CT molecular complexity index is 610. The van der Waals surface area contributed by atoms with E-state index in [-0.39, 0.29) is 6.04 Å². The van der Waals surface area contributed by atoms with Gasteiger partial charge in [0.2, 0.25) is 10.0 Å². The zero-order chi connectivity index (χ0) is 15.6. The topological polar surface area (TPSA) is 55.4 Å². The van der Waals surface area contributed by atoms with Crippen molar-refractivity contribution in [3.05, 3.63) is 23.3 Å². The van der Waals surface area contributed by atoms with E-state index in [1.165, 1.54) is 6.42 Å². The largest absolute Gasteiger partial charge is 0.496 e. The van der Waals surface area contributed by atoms with E-state index >= 15 is 0 Å². The minimum Gasteiger partial charge on any atom is -0.496 e. The first-order chi connectivity index (χ1) is 9.85. The number of methoxy groups -OCH3 is 1. The lowest BCUT2D eigenvalue weighted by atomic mass is 9.87. The Labute approximate surface area is 127 Å². The number of hydrogen-bond acceptors (Lipinski definition) is 3. The number of rotatable bonds is 4. The van der Waals surface area contributed by atoms with E-state index in [4.69, 9.17) is 4.74 Å². The van der Waals surface area contributed by atoms with E-state index in [1.807, 2.05) is 19.9 Å². The Morgan fingerprint density at radius 3 is 2.43 bits per heavy atom. The van der Waals surface area contributed by atoms with Crippen molar-refractivity contribution in [2.75, 3.05) is 7.11 Å². The van der Waals surface area contributed by atoms with Crippen LogP contribution in [-0.2, 0) is 10.0 Å². The zero-order valence-electron chi connectivity index (χ0n) is 13.3. The van der Waals surface area contributed by atoms with Crippen molar-refractivity contribution in [1.82, 2.24) is 4.72 Å². The molecule has 4 nitrogen and oxygen atoms in total. The average molecular weight is 311 g/mol. The van der Waals surface area contributed by atoms with Gasteiger partial charge in [-0.15, -0.1) is 0 Å². The van der Waals surface area contributed by atoms with E-state index in [1.54, 1.807) is 13.2 Å². The standard InChI is InChI=1S/C16H25NO3S/c1-11-7-5-6-8-14(11)17-21(18,19)16-10-15(20-4)12(2)9-13(16)3/h9-11,14,17H,5-8H2,1-4H3/t11-,14+/m1/s1. The highest BCUT2D eigenvalue weighted by Crippen LogP contribution is 2.28. The summed E-state index contributed by atoms with van der Waals surface area (Å²) in [7, 11) is -1.94. The lowest BCUT2D eigenvalue weighted by molar-refractivity contribution is 0.310. The SMILES string of the molecule is COc1cc(S(=O)(=O)N[C@H]2CCCC[C@H]2C)c(C)cc1C. The Balaban J connectivity index is 2.31. The molecule has 1 aromatic carbocycles. The number of nitrogens with one attached hydrogen (secondary N) is 1. The molecule has 2 atom stereocenters. The second-order valence-corrected chi connectivity index (χ2v) is 7.76. The highest BCUT2D eigenvalue weighted by Gasteiger charge is 2.28. The molecule has 0 unspecified atom stereocenters. The van der Waals surface area contributed by atoms with Crippen LogP contribution in [0.5, 0.6) is 5.75 Å². The van der Waals surface area contributed by atoms with Crippen molar-refractivity contribution >= 4 is 10.0 Å². The summed E-state index contributed by atoms with van der Waals surface area (Å²) in [6.07, 6.45) is 4.29. The van der Waals surface area contributed by atoms with Crippen LogP contribution in [0.2, 0.25) is 0 Å². The Morgan fingerprint density at radius 1 is 1.14 bits per heavy atom. The molecule has 1 aliphatic carbocycles. The van der Waals surface area contributed by atoms with Crippen molar-refractivity contribution in [2.45, 2.75) is 57.4 Å². The Hall–Kier alpha value is -1.07. The van der Waals surface area contributed by atoms with Crippen LogP contribution in [0, 0.1) is 19.8 Å². The summed E-state index contributed by atoms with van der Waals surface area (Å²) in [5, 5.41) is 0. The van der Waals surface area contributed by atoms with Gasteiger partial charge in [-0.3, -0.25) is 0 Å². The average Bonchev–Trinajstić information content (AvgIpc) is 2.41. The molecule has 2 rings (SSSR count). The third-order valence-corrected chi connectivity index (χ3v) is 6.03. The van der Waals surface area contributed by atoms with Crippen LogP contribution in [0.3, 0.4) is 0 Å². The molecule has 1 aliphatic rings. The highest BCUT2D eigenvalue weighted by atomic mass is 32.2.